The van der Waals surface area contributed by atoms with Crippen molar-refractivity contribution < 1.29 is 13.2 Å². The molecule has 1 aliphatic rings. The highest BCUT2D eigenvalue weighted by Gasteiger charge is 2.40. The van der Waals surface area contributed by atoms with Gasteiger partial charge in [-0.25, -0.2) is 17.4 Å². The number of fused-ring (bicyclic) bond motifs is 1. The molecule has 0 saturated carbocycles. The summed E-state index contributed by atoms with van der Waals surface area (Å²) >= 11 is 3.34. The zero-order valence-electron chi connectivity index (χ0n) is 12.7. The fourth-order valence-corrected chi connectivity index (χ4v) is 5.20. The van der Waals surface area contributed by atoms with E-state index in [-0.39, 0.29) is 11.4 Å². The van der Waals surface area contributed by atoms with Gasteiger partial charge in [-0.15, -0.1) is 0 Å². The summed E-state index contributed by atoms with van der Waals surface area (Å²) in [6.45, 7) is 3.08. The Morgan fingerprint density at radius 2 is 2.17 bits per heavy atom. The second-order valence-electron chi connectivity index (χ2n) is 5.72. The van der Waals surface area contributed by atoms with Crippen molar-refractivity contribution in [2.75, 3.05) is 0 Å². The molecule has 0 amide bonds. The number of carbonyl (C=O) groups excluding carboxylic acids is 1. The Bertz CT molecular complexity index is 972. The van der Waals surface area contributed by atoms with Crippen molar-refractivity contribution in [1.29, 1.82) is 0 Å². The quantitative estimate of drug-likeness (QED) is 0.747. The van der Waals surface area contributed by atoms with Crippen LogP contribution in [-0.2, 0) is 10.0 Å². The average Bonchev–Trinajstić information content (AvgIpc) is 2.87. The molecule has 2 aromatic heterocycles. The number of carbonyl (C=O) groups is 1. The van der Waals surface area contributed by atoms with Gasteiger partial charge in [-0.05, 0) is 38.5 Å². The highest BCUT2D eigenvalue weighted by atomic mass is 79.9. The van der Waals surface area contributed by atoms with Gasteiger partial charge in [0.2, 0.25) is 10.0 Å². The minimum atomic E-state index is -3.79. The Morgan fingerprint density at radius 3 is 2.83 bits per heavy atom. The van der Waals surface area contributed by atoms with Crippen molar-refractivity contribution in [1.82, 2.24) is 8.96 Å². The third-order valence-electron chi connectivity index (χ3n) is 4.00. The predicted octanol–water partition coefficient (Wildman–Crippen LogP) is 3.41. The Morgan fingerprint density at radius 1 is 1.43 bits per heavy atom. The Balaban J connectivity index is 2.28. The topological polar surface area (TPSA) is 69.0 Å². The molecule has 7 heteroatoms. The second kappa shape index (κ2) is 5.42. The van der Waals surface area contributed by atoms with Gasteiger partial charge in [-0.1, -0.05) is 28.1 Å². The first-order valence-corrected chi connectivity index (χ1v) is 9.26. The van der Waals surface area contributed by atoms with E-state index in [0.717, 1.165) is 3.97 Å². The van der Waals surface area contributed by atoms with E-state index in [0.29, 0.717) is 21.9 Å². The molecule has 3 rings (SSSR count). The summed E-state index contributed by atoms with van der Waals surface area (Å²) in [5.41, 5.74) is 0.632. The largest absolute Gasteiger partial charge is 0.294 e. The van der Waals surface area contributed by atoms with Gasteiger partial charge in [0.1, 0.15) is 4.75 Å². The van der Waals surface area contributed by atoms with E-state index >= 15 is 0 Å². The van der Waals surface area contributed by atoms with E-state index in [2.05, 4.69) is 20.9 Å². The lowest BCUT2D eigenvalue weighted by Crippen LogP contribution is -2.38. The Kier molecular flexibility index (Phi) is 3.80. The molecule has 0 saturated heterocycles. The third kappa shape index (κ3) is 2.48. The molecule has 2 heterocycles. The summed E-state index contributed by atoms with van der Waals surface area (Å²) in [5, 5.41) is 0.543. The van der Waals surface area contributed by atoms with E-state index in [1.165, 1.54) is 19.3 Å². The van der Waals surface area contributed by atoms with Gasteiger partial charge < -0.3 is 0 Å². The van der Waals surface area contributed by atoms with Crippen LogP contribution in [0.4, 0.5) is 0 Å². The number of allylic oxidation sites excluding steroid dienone is 3. The van der Waals surface area contributed by atoms with Crippen LogP contribution in [-0.4, -0.2) is 27.9 Å². The average molecular weight is 395 g/mol. The van der Waals surface area contributed by atoms with Gasteiger partial charge in [0.15, 0.2) is 11.4 Å². The molecule has 0 spiro atoms. The minimum Gasteiger partial charge on any atom is -0.294 e. The Hall–Kier alpha value is -1.73. The maximum atomic E-state index is 13.2. The highest BCUT2D eigenvalue weighted by Crippen LogP contribution is 2.35. The summed E-state index contributed by atoms with van der Waals surface area (Å²) in [4.78, 5) is 16.0. The van der Waals surface area contributed by atoms with Crippen LogP contribution < -0.4 is 0 Å². The van der Waals surface area contributed by atoms with Gasteiger partial charge in [-0.3, -0.25) is 4.79 Å². The lowest BCUT2D eigenvalue weighted by atomic mass is 10.0. The SMILES string of the molecule is CC(=O)c1cn(S(=O)(=O)C2(C)C=C(Br)C=CC2)c2ncccc12. The molecule has 1 atom stereocenters. The van der Waals surface area contributed by atoms with Crippen molar-refractivity contribution >= 4 is 42.8 Å². The zero-order chi connectivity index (χ0) is 16.8. The standard InChI is InChI=1S/C16H15BrN2O3S/c1-11(20)14-10-19(15-13(14)6-4-8-18-15)23(21,22)16(2)7-3-5-12(17)9-16/h3-6,8-10H,7H2,1-2H3. The fraction of sp³-hybridized carbons (Fsp3) is 0.250. The van der Waals surface area contributed by atoms with Crippen LogP contribution in [0.1, 0.15) is 30.6 Å². The van der Waals surface area contributed by atoms with Gasteiger partial charge in [0, 0.05) is 27.8 Å². The van der Waals surface area contributed by atoms with Gasteiger partial charge in [0.25, 0.3) is 0 Å². The fourth-order valence-electron chi connectivity index (χ4n) is 2.70. The van der Waals surface area contributed by atoms with Crippen molar-refractivity contribution in [2.45, 2.75) is 25.0 Å². The molecule has 23 heavy (non-hydrogen) atoms. The number of hydrogen-bond donors (Lipinski definition) is 0. The molecule has 120 valence electrons. The van der Waals surface area contributed by atoms with Crippen LogP contribution in [0.5, 0.6) is 0 Å². The minimum absolute atomic E-state index is 0.192. The molecule has 0 aliphatic heterocycles. The molecule has 1 unspecified atom stereocenters. The maximum absolute atomic E-state index is 13.2. The molecule has 0 aromatic carbocycles. The predicted molar refractivity (Wildman–Crippen MR) is 93.2 cm³/mol. The first-order chi connectivity index (χ1) is 10.8. The lowest BCUT2D eigenvalue weighted by Gasteiger charge is -2.27. The molecule has 0 N–H and O–H groups in total. The number of ketones is 1. The van der Waals surface area contributed by atoms with Crippen LogP contribution in [0.2, 0.25) is 0 Å². The monoisotopic (exact) mass is 394 g/mol. The maximum Gasteiger partial charge on any atom is 0.249 e. The molecule has 0 radical (unpaired) electrons. The highest BCUT2D eigenvalue weighted by molar-refractivity contribution is 9.11. The summed E-state index contributed by atoms with van der Waals surface area (Å²) < 4.78 is 27.2. The molecule has 0 bridgehead atoms. The van der Waals surface area contributed by atoms with Crippen molar-refractivity contribution in [3.8, 4) is 0 Å². The Labute approximate surface area is 142 Å². The first kappa shape index (κ1) is 16.1. The first-order valence-electron chi connectivity index (χ1n) is 7.03. The number of aromatic nitrogens is 2. The molecular formula is C16H15BrN2O3S. The van der Waals surface area contributed by atoms with Gasteiger partial charge in [-0.2, -0.15) is 0 Å². The van der Waals surface area contributed by atoms with E-state index < -0.39 is 14.8 Å². The number of halogens is 1. The smallest absolute Gasteiger partial charge is 0.249 e. The lowest BCUT2D eigenvalue weighted by molar-refractivity contribution is 0.101. The van der Waals surface area contributed by atoms with Gasteiger partial charge >= 0.3 is 0 Å². The number of Topliss-reactive ketones (excluding diaryl/α,β-unsaturated/α-hetero) is 1. The summed E-state index contributed by atoms with van der Waals surface area (Å²) in [6, 6.07) is 3.40. The van der Waals surface area contributed by atoms with Crippen LogP contribution >= 0.6 is 15.9 Å². The molecule has 2 aromatic rings. The summed E-state index contributed by atoms with van der Waals surface area (Å²) in [6.07, 6.45) is 8.56. The van der Waals surface area contributed by atoms with Crippen LogP contribution in [0.3, 0.4) is 0 Å². The van der Waals surface area contributed by atoms with Crippen LogP contribution in [0.15, 0.2) is 47.2 Å². The van der Waals surface area contributed by atoms with E-state index in [9.17, 15) is 13.2 Å². The number of pyridine rings is 1. The van der Waals surface area contributed by atoms with E-state index in [1.54, 1.807) is 25.1 Å². The third-order valence-corrected chi connectivity index (χ3v) is 6.76. The molecule has 1 aliphatic carbocycles. The molecular weight excluding hydrogens is 380 g/mol. The van der Waals surface area contributed by atoms with E-state index in [4.69, 9.17) is 0 Å². The van der Waals surface area contributed by atoms with Gasteiger partial charge in [0.05, 0.1) is 0 Å². The van der Waals surface area contributed by atoms with Crippen LogP contribution in [0, 0.1) is 0 Å². The molecule has 0 fully saturated rings. The van der Waals surface area contributed by atoms with Crippen molar-refractivity contribution in [3.05, 3.63) is 52.8 Å². The van der Waals surface area contributed by atoms with Crippen LogP contribution in [0.25, 0.3) is 11.0 Å². The van der Waals surface area contributed by atoms with Crippen molar-refractivity contribution in [2.24, 2.45) is 0 Å². The summed E-state index contributed by atoms with van der Waals surface area (Å²) in [5.74, 6) is -0.192. The van der Waals surface area contributed by atoms with E-state index in [1.807, 2.05) is 12.2 Å². The zero-order valence-corrected chi connectivity index (χ0v) is 15.1. The number of hydrogen-bond acceptors (Lipinski definition) is 4. The molecule has 5 nitrogen and oxygen atoms in total. The van der Waals surface area contributed by atoms with Crippen molar-refractivity contribution in [3.63, 3.8) is 0 Å². The second-order valence-corrected chi connectivity index (χ2v) is 8.91. The number of nitrogens with zero attached hydrogens (tertiary/aromatic N) is 2. The number of rotatable bonds is 3. The summed E-state index contributed by atoms with van der Waals surface area (Å²) in [7, 11) is -3.79. The normalized spacial score (nSPS) is 21.4.